The van der Waals surface area contributed by atoms with Gasteiger partial charge in [-0.1, -0.05) is 13.8 Å². The van der Waals surface area contributed by atoms with Gasteiger partial charge in [0, 0.05) is 37.9 Å². The Labute approximate surface area is 277 Å². The predicted octanol–water partition coefficient (Wildman–Crippen LogP) is 2.01. The monoisotopic (exact) mass is 668 g/mol. The Hall–Kier alpha value is -0.480. The molecule has 9 rings (SSSR count). The van der Waals surface area contributed by atoms with E-state index in [0.717, 1.165) is 38.5 Å². The third kappa shape index (κ3) is 4.24. The van der Waals surface area contributed by atoms with Crippen molar-refractivity contribution < 1.29 is 58.3 Å². The summed E-state index contributed by atoms with van der Waals surface area (Å²) in [6.07, 6.45) is -1.36. The van der Waals surface area contributed by atoms with E-state index in [0.29, 0.717) is 18.8 Å². The van der Waals surface area contributed by atoms with Gasteiger partial charge < -0.3 is 58.3 Å². The van der Waals surface area contributed by atoms with Gasteiger partial charge in [0.05, 0.1) is 36.6 Å². The second kappa shape index (κ2) is 11.0. The molecule has 12 heteroatoms. The third-order valence-electron chi connectivity index (χ3n) is 14.9. The second-order valence-electron chi connectivity index (χ2n) is 16.8. The third-order valence-corrected chi connectivity index (χ3v) is 14.9. The molecule has 12 nitrogen and oxygen atoms in total. The van der Waals surface area contributed by atoms with Crippen molar-refractivity contribution in [3.05, 3.63) is 0 Å². The molecule has 9 aliphatic rings. The zero-order valence-corrected chi connectivity index (χ0v) is 28.9. The number of hydrogen-bond donors (Lipinski definition) is 4. The number of rotatable bonds is 6. The van der Waals surface area contributed by atoms with Crippen LogP contribution >= 0.6 is 0 Å². The molecule has 1 spiro atoms. The highest BCUT2D eigenvalue weighted by atomic mass is 16.7. The second-order valence-corrected chi connectivity index (χ2v) is 16.8. The minimum absolute atomic E-state index is 0.0137. The lowest BCUT2D eigenvalue weighted by Gasteiger charge is -2.79. The summed E-state index contributed by atoms with van der Waals surface area (Å²) >= 11 is 0. The molecule has 5 heterocycles. The molecular formula is C35H56O12. The summed E-state index contributed by atoms with van der Waals surface area (Å²) in [6.45, 7) is 10.1. The fraction of sp³-hybridized carbons (Fsp3) is 1.00. The van der Waals surface area contributed by atoms with E-state index in [4.69, 9.17) is 37.9 Å². The van der Waals surface area contributed by atoms with E-state index in [2.05, 4.69) is 13.8 Å². The Bertz CT molecular complexity index is 1220. The molecule has 20 atom stereocenters. The summed E-state index contributed by atoms with van der Waals surface area (Å²) in [5.74, 6) is -0.579. The fourth-order valence-electron chi connectivity index (χ4n) is 12.6. The Balaban J connectivity index is 0.949. The van der Waals surface area contributed by atoms with E-state index >= 15 is 0 Å². The lowest BCUT2D eigenvalue weighted by atomic mass is 9.37. The quantitative estimate of drug-likeness (QED) is 0.306. The molecule has 0 aromatic rings. The summed E-state index contributed by atoms with van der Waals surface area (Å²) in [7, 11) is 3.08. The van der Waals surface area contributed by atoms with E-state index in [9.17, 15) is 20.4 Å². The van der Waals surface area contributed by atoms with Gasteiger partial charge >= 0.3 is 0 Å². The molecule has 5 aliphatic heterocycles. The summed E-state index contributed by atoms with van der Waals surface area (Å²) in [5.41, 5.74) is -2.61. The summed E-state index contributed by atoms with van der Waals surface area (Å²) in [6, 6.07) is 0. The maximum absolute atomic E-state index is 12.6. The molecule has 4 aliphatic carbocycles. The zero-order valence-electron chi connectivity index (χ0n) is 28.9. The van der Waals surface area contributed by atoms with E-state index < -0.39 is 77.7 Å². The van der Waals surface area contributed by atoms with Gasteiger partial charge in [-0.05, 0) is 77.0 Å². The van der Waals surface area contributed by atoms with Crippen molar-refractivity contribution in [1.29, 1.82) is 0 Å². The number of ether oxygens (including phenoxy) is 8. The molecule has 4 saturated carbocycles. The molecule has 4 N–H and O–H groups in total. The molecule has 0 radical (unpaired) electrons. The van der Waals surface area contributed by atoms with Crippen LogP contribution < -0.4 is 0 Å². The average molecular weight is 669 g/mol. The van der Waals surface area contributed by atoms with E-state index in [1.54, 1.807) is 14.0 Å². The molecular weight excluding hydrogens is 612 g/mol. The van der Waals surface area contributed by atoms with Crippen LogP contribution in [0.3, 0.4) is 0 Å². The first-order valence-electron chi connectivity index (χ1n) is 18.0. The fourth-order valence-corrected chi connectivity index (χ4v) is 12.6. The van der Waals surface area contributed by atoms with Gasteiger partial charge in [0.25, 0.3) is 0 Å². The number of hydrogen-bond acceptors (Lipinski definition) is 12. The predicted molar refractivity (Wildman–Crippen MR) is 164 cm³/mol. The van der Waals surface area contributed by atoms with Gasteiger partial charge in [0.15, 0.2) is 18.4 Å². The van der Waals surface area contributed by atoms with Crippen molar-refractivity contribution in [2.45, 2.75) is 177 Å². The van der Waals surface area contributed by atoms with E-state index in [1.165, 1.54) is 7.11 Å². The Morgan fingerprint density at radius 3 is 2.28 bits per heavy atom. The van der Waals surface area contributed by atoms with Crippen LogP contribution in [-0.4, -0.2) is 125 Å². The van der Waals surface area contributed by atoms with Gasteiger partial charge in [0.2, 0.25) is 0 Å². The Morgan fingerprint density at radius 1 is 0.787 bits per heavy atom. The number of aliphatic hydroxyl groups excluding tert-OH is 3. The minimum Gasteiger partial charge on any atom is -0.390 e. The lowest BCUT2D eigenvalue weighted by Crippen LogP contribution is -2.89. The molecule has 6 bridgehead atoms. The Morgan fingerprint density at radius 2 is 1.55 bits per heavy atom. The molecule has 0 unspecified atom stereocenters. The molecule has 0 aromatic heterocycles. The summed E-state index contributed by atoms with van der Waals surface area (Å²) < 4.78 is 50.0. The van der Waals surface area contributed by atoms with Crippen LogP contribution in [0.15, 0.2) is 0 Å². The van der Waals surface area contributed by atoms with Crippen molar-refractivity contribution in [3.63, 3.8) is 0 Å². The maximum Gasteiger partial charge on any atom is 0.187 e. The van der Waals surface area contributed by atoms with Crippen LogP contribution in [0, 0.1) is 28.6 Å². The number of aliphatic hydroxyl groups is 4. The Kier molecular flexibility index (Phi) is 7.88. The summed E-state index contributed by atoms with van der Waals surface area (Å²) in [4.78, 5) is 0. The van der Waals surface area contributed by atoms with Gasteiger partial charge in [0.1, 0.15) is 35.6 Å². The van der Waals surface area contributed by atoms with Crippen LogP contribution in [-0.2, 0) is 37.9 Å². The highest BCUT2D eigenvalue weighted by Gasteiger charge is 2.88. The van der Waals surface area contributed by atoms with Crippen LogP contribution in [0.2, 0.25) is 0 Å². The smallest absolute Gasteiger partial charge is 0.187 e. The zero-order chi connectivity index (χ0) is 33.5. The normalized spacial score (nSPS) is 62.7. The molecule has 47 heavy (non-hydrogen) atoms. The highest BCUT2D eigenvalue weighted by molar-refractivity contribution is 5.35. The van der Waals surface area contributed by atoms with Crippen LogP contribution in [0.25, 0.3) is 0 Å². The van der Waals surface area contributed by atoms with Crippen LogP contribution in [0.1, 0.15) is 86.0 Å². The standard InChI is InChI=1S/C35H56O12/c1-16-23(36)26(41-7)24(37)30(43-16)45-25-17(2)42-22(15-20(25)40-6)44-19-9-11-31(3)18(14-19)8-12-34-28(31)27-29(38)32(4)21(10-13-35(32,34)39)33(5,46-27)47-34/h16-30,36-39H,8-15H2,1-7H3/t16-,17-,18+,19+,20-,21-,22+,23-,24-,25-,26-,27+,28-,29-,30+,31+,32+,33+,34+,35+/m1/s1. The lowest BCUT2D eigenvalue weighted by molar-refractivity contribution is -0.522. The SMILES string of the molecule is CO[C@H]1[C@@H](O)[C@H](O[C@@H]2[C@@H](C)O[C@@H](O[C@H]3CC[C@@]4(C)[C@@H](CC[C@@]56O[C@]7(C)O[C@H]([C@@H](O)[C@]8(C)[C@H]7CC[C@]85O)[C@H]46)C3)C[C@H]2OC)O[C@H](C)[C@H]1O. The first-order valence-corrected chi connectivity index (χ1v) is 18.0. The molecule has 268 valence electrons. The van der Waals surface area contributed by atoms with Gasteiger partial charge in [-0.3, -0.25) is 0 Å². The highest BCUT2D eigenvalue weighted by Crippen LogP contribution is 2.79. The van der Waals surface area contributed by atoms with E-state index in [1.807, 2.05) is 13.8 Å². The topological polar surface area (TPSA) is 155 Å². The maximum atomic E-state index is 12.6. The average Bonchev–Trinajstić information content (AvgIpc) is 3.29. The first kappa shape index (κ1) is 33.7. The van der Waals surface area contributed by atoms with Crippen molar-refractivity contribution in [2.75, 3.05) is 14.2 Å². The van der Waals surface area contributed by atoms with Crippen molar-refractivity contribution in [3.8, 4) is 0 Å². The molecule has 0 aromatic carbocycles. The van der Waals surface area contributed by atoms with Gasteiger partial charge in [-0.15, -0.1) is 0 Å². The molecule has 5 saturated heterocycles. The van der Waals surface area contributed by atoms with Gasteiger partial charge in [-0.2, -0.15) is 0 Å². The summed E-state index contributed by atoms with van der Waals surface area (Å²) in [5, 5.41) is 45.6. The minimum atomic E-state index is -1.18. The number of fused-ring (bicyclic) bond motifs is 1. The first-order chi connectivity index (χ1) is 22.2. The van der Waals surface area contributed by atoms with Crippen molar-refractivity contribution in [2.24, 2.45) is 28.6 Å². The largest absolute Gasteiger partial charge is 0.390 e. The van der Waals surface area contributed by atoms with Crippen molar-refractivity contribution >= 4 is 0 Å². The van der Waals surface area contributed by atoms with E-state index in [-0.39, 0.29) is 35.6 Å². The van der Waals surface area contributed by atoms with Crippen molar-refractivity contribution in [1.82, 2.24) is 0 Å². The van der Waals surface area contributed by atoms with Crippen LogP contribution in [0.5, 0.6) is 0 Å². The van der Waals surface area contributed by atoms with Gasteiger partial charge in [-0.25, -0.2) is 0 Å². The van der Waals surface area contributed by atoms with Crippen LogP contribution in [0.4, 0.5) is 0 Å². The molecule has 0 amide bonds. The molecule has 9 fully saturated rings. The number of methoxy groups -OCH3 is 2.